The highest BCUT2D eigenvalue weighted by Crippen LogP contribution is 2.25. The van der Waals surface area contributed by atoms with Crippen LogP contribution in [0.4, 0.5) is 0 Å². The van der Waals surface area contributed by atoms with Crippen molar-refractivity contribution >= 4 is 23.2 Å². The van der Waals surface area contributed by atoms with Gasteiger partial charge in [0.25, 0.3) is 0 Å². The van der Waals surface area contributed by atoms with Crippen LogP contribution in [0.25, 0.3) is 0 Å². The molecule has 1 aliphatic heterocycles. The molecule has 1 unspecified atom stereocenters. The van der Waals surface area contributed by atoms with Crippen molar-refractivity contribution < 1.29 is 9.59 Å². The van der Waals surface area contributed by atoms with Crippen molar-refractivity contribution in [1.29, 1.82) is 0 Å². The number of likely N-dealkylation sites (tertiary alicyclic amines) is 1. The van der Waals surface area contributed by atoms with Crippen LogP contribution in [0.1, 0.15) is 37.8 Å². The maximum Gasteiger partial charge on any atom is 0.309 e. The monoisotopic (exact) mass is 309 g/mol. The number of rotatable bonds is 5. The molecule has 1 aromatic heterocycles. The zero-order valence-corrected chi connectivity index (χ0v) is 13.2. The van der Waals surface area contributed by atoms with Crippen LogP contribution >= 0.6 is 11.3 Å². The lowest BCUT2D eigenvalue weighted by Gasteiger charge is -2.34. The second-order valence-corrected chi connectivity index (χ2v) is 6.02. The van der Waals surface area contributed by atoms with E-state index in [1.54, 1.807) is 18.3 Å². The van der Waals surface area contributed by atoms with E-state index in [0.29, 0.717) is 13.1 Å². The molecule has 5 nitrogen and oxygen atoms in total. The van der Waals surface area contributed by atoms with Crippen LogP contribution in [0, 0.1) is 0 Å². The van der Waals surface area contributed by atoms with Gasteiger partial charge in [-0.1, -0.05) is 6.42 Å². The number of piperidine rings is 1. The van der Waals surface area contributed by atoms with Gasteiger partial charge in [-0.15, -0.1) is 0 Å². The second kappa shape index (κ2) is 8.14. The van der Waals surface area contributed by atoms with Crippen molar-refractivity contribution in [1.82, 2.24) is 15.5 Å². The molecule has 6 heteroatoms. The van der Waals surface area contributed by atoms with Crippen LogP contribution in [0.2, 0.25) is 0 Å². The van der Waals surface area contributed by atoms with E-state index in [2.05, 4.69) is 32.4 Å². The molecular formula is C15H23N3O2S. The predicted molar refractivity (Wildman–Crippen MR) is 84.2 cm³/mol. The van der Waals surface area contributed by atoms with Crippen LogP contribution in [0.15, 0.2) is 16.8 Å². The molecule has 116 valence electrons. The van der Waals surface area contributed by atoms with E-state index in [9.17, 15) is 9.59 Å². The predicted octanol–water partition coefficient (Wildman–Crippen LogP) is 1.53. The Hall–Kier alpha value is -1.40. The van der Waals surface area contributed by atoms with Gasteiger partial charge in [-0.25, -0.2) is 0 Å². The molecule has 0 bridgehead atoms. The van der Waals surface area contributed by atoms with Crippen molar-refractivity contribution in [3.05, 3.63) is 22.4 Å². The van der Waals surface area contributed by atoms with Crippen LogP contribution in [-0.4, -0.2) is 42.9 Å². The minimum absolute atomic E-state index is 0.162. The second-order valence-electron chi connectivity index (χ2n) is 5.24. The fraction of sp³-hybridized carbons (Fsp3) is 0.600. The number of likely N-dealkylation sites (N-methyl/N-ethyl adjacent to an activating group) is 1. The fourth-order valence-electron chi connectivity index (χ4n) is 2.66. The lowest BCUT2D eigenvalue weighted by molar-refractivity contribution is -0.139. The van der Waals surface area contributed by atoms with Crippen molar-refractivity contribution in [3.8, 4) is 0 Å². The molecule has 21 heavy (non-hydrogen) atoms. The third-order valence-corrected chi connectivity index (χ3v) is 4.46. The van der Waals surface area contributed by atoms with Gasteiger partial charge < -0.3 is 10.6 Å². The Kier molecular flexibility index (Phi) is 6.20. The fourth-order valence-corrected chi connectivity index (χ4v) is 3.37. The summed E-state index contributed by atoms with van der Waals surface area (Å²) in [6.45, 7) is 4.85. The number of nitrogens with one attached hydrogen (secondary N) is 2. The molecule has 2 N–H and O–H groups in total. The summed E-state index contributed by atoms with van der Waals surface area (Å²) in [5.74, 6) is -1.10. The van der Waals surface area contributed by atoms with Crippen molar-refractivity contribution in [2.24, 2.45) is 0 Å². The highest BCUT2D eigenvalue weighted by atomic mass is 32.1. The van der Waals surface area contributed by atoms with E-state index in [0.717, 1.165) is 13.1 Å². The number of carbonyl (C=O) groups is 2. The first-order valence-electron chi connectivity index (χ1n) is 7.54. The summed E-state index contributed by atoms with van der Waals surface area (Å²) in [5, 5.41) is 9.46. The maximum absolute atomic E-state index is 11.8. The topological polar surface area (TPSA) is 61.4 Å². The minimum atomic E-state index is -0.555. The molecule has 0 radical (unpaired) electrons. The summed E-state index contributed by atoms with van der Waals surface area (Å²) in [5.41, 5.74) is 1.22. The summed E-state index contributed by atoms with van der Waals surface area (Å²) >= 11 is 1.66. The molecule has 1 fully saturated rings. The summed E-state index contributed by atoms with van der Waals surface area (Å²) in [6, 6.07) is 2.26. The van der Waals surface area contributed by atoms with Crippen molar-refractivity contribution in [2.75, 3.05) is 26.2 Å². The Balaban J connectivity index is 1.96. The van der Waals surface area contributed by atoms with Gasteiger partial charge in [-0.2, -0.15) is 11.3 Å². The zero-order chi connectivity index (χ0) is 15.1. The first kappa shape index (κ1) is 16.0. The van der Waals surface area contributed by atoms with E-state index >= 15 is 0 Å². The Morgan fingerprint density at radius 3 is 2.57 bits per heavy atom. The van der Waals surface area contributed by atoms with E-state index in [1.807, 2.05) is 0 Å². The van der Waals surface area contributed by atoms with Gasteiger partial charge >= 0.3 is 11.8 Å². The maximum atomic E-state index is 11.8. The number of amides is 2. The van der Waals surface area contributed by atoms with Gasteiger partial charge in [0.1, 0.15) is 0 Å². The molecule has 0 spiro atoms. The van der Waals surface area contributed by atoms with Crippen LogP contribution < -0.4 is 10.6 Å². The molecular weight excluding hydrogens is 286 g/mol. The Morgan fingerprint density at radius 1 is 1.24 bits per heavy atom. The van der Waals surface area contributed by atoms with Gasteiger partial charge in [-0.3, -0.25) is 14.5 Å². The van der Waals surface area contributed by atoms with Gasteiger partial charge in [0.2, 0.25) is 0 Å². The SMILES string of the molecule is CCNC(=O)C(=O)NCC(c1ccsc1)N1CCCCC1. The molecule has 0 saturated carbocycles. The van der Waals surface area contributed by atoms with E-state index < -0.39 is 11.8 Å². The van der Waals surface area contributed by atoms with E-state index in [4.69, 9.17) is 0 Å². The molecule has 1 saturated heterocycles. The van der Waals surface area contributed by atoms with E-state index in [1.165, 1.54) is 24.8 Å². The van der Waals surface area contributed by atoms with Crippen LogP contribution in [-0.2, 0) is 9.59 Å². The van der Waals surface area contributed by atoms with Crippen LogP contribution in [0.5, 0.6) is 0 Å². The smallest absolute Gasteiger partial charge is 0.309 e. The highest BCUT2D eigenvalue weighted by Gasteiger charge is 2.24. The van der Waals surface area contributed by atoms with Crippen molar-refractivity contribution in [2.45, 2.75) is 32.2 Å². The molecule has 0 aliphatic carbocycles. The number of carbonyl (C=O) groups excluding carboxylic acids is 2. The average Bonchev–Trinajstić information content (AvgIpc) is 3.03. The normalized spacial score (nSPS) is 17.2. The Labute approximate surface area is 129 Å². The first-order chi connectivity index (χ1) is 10.2. The largest absolute Gasteiger partial charge is 0.348 e. The molecule has 2 rings (SSSR count). The third-order valence-electron chi connectivity index (χ3n) is 3.76. The molecule has 2 heterocycles. The molecule has 0 aromatic carbocycles. The molecule has 1 aliphatic rings. The number of hydrogen-bond donors (Lipinski definition) is 2. The van der Waals surface area contributed by atoms with Gasteiger partial charge in [-0.05, 0) is 55.2 Å². The standard InChI is InChI=1S/C15H23N3O2S/c1-2-16-14(19)15(20)17-10-13(12-6-9-21-11-12)18-7-4-3-5-8-18/h6,9,11,13H,2-5,7-8,10H2,1H3,(H,16,19)(H,17,20). The quantitative estimate of drug-likeness (QED) is 0.811. The van der Waals surface area contributed by atoms with E-state index in [-0.39, 0.29) is 6.04 Å². The van der Waals surface area contributed by atoms with Gasteiger partial charge in [0, 0.05) is 13.1 Å². The number of hydrogen-bond acceptors (Lipinski definition) is 4. The summed E-state index contributed by atoms with van der Waals surface area (Å²) in [6.07, 6.45) is 3.67. The lowest BCUT2D eigenvalue weighted by atomic mass is 10.0. The van der Waals surface area contributed by atoms with Gasteiger partial charge in [0.05, 0.1) is 6.04 Å². The zero-order valence-electron chi connectivity index (χ0n) is 12.4. The average molecular weight is 309 g/mol. The molecule has 1 aromatic rings. The summed E-state index contributed by atoms with van der Waals surface area (Å²) in [4.78, 5) is 25.6. The summed E-state index contributed by atoms with van der Waals surface area (Å²) in [7, 11) is 0. The number of nitrogens with zero attached hydrogens (tertiary/aromatic N) is 1. The van der Waals surface area contributed by atoms with Gasteiger partial charge in [0.15, 0.2) is 0 Å². The summed E-state index contributed by atoms with van der Waals surface area (Å²) < 4.78 is 0. The first-order valence-corrected chi connectivity index (χ1v) is 8.48. The number of thiophene rings is 1. The Bertz CT molecular complexity index is 455. The minimum Gasteiger partial charge on any atom is -0.348 e. The highest BCUT2D eigenvalue weighted by molar-refractivity contribution is 7.07. The third kappa shape index (κ3) is 4.54. The molecule has 2 amide bonds. The molecule has 1 atom stereocenters. The lowest BCUT2D eigenvalue weighted by Crippen LogP contribution is -2.45. The Morgan fingerprint density at radius 2 is 1.95 bits per heavy atom. The van der Waals surface area contributed by atoms with Crippen LogP contribution in [0.3, 0.4) is 0 Å². The van der Waals surface area contributed by atoms with Crippen molar-refractivity contribution in [3.63, 3.8) is 0 Å².